The van der Waals surface area contributed by atoms with Crippen molar-refractivity contribution in [3.8, 4) is 0 Å². The lowest BCUT2D eigenvalue weighted by atomic mass is 9.65. The number of anilines is 1. The van der Waals surface area contributed by atoms with Gasteiger partial charge in [-0.15, -0.1) is 0 Å². The molecule has 0 saturated carbocycles. The summed E-state index contributed by atoms with van der Waals surface area (Å²) >= 11 is 0. The summed E-state index contributed by atoms with van der Waals surface area (Å²) in [5.41, 5.74) is 0.628. The lowest BCUT2D eigenvalue weighted by Gasteiger charge is -2.45. The van der Waals surface area contributed by atoms with Gasteiger partial charge in [0.2, 0.25) is 10.0 Å². The van der Waals surface area contributed by atoms with Crippen molar-refractivity contribution in [3.05, 3.63) is 77.6 Å². The molecule has 1 aromatic carbocycles. The number of nitrogens with zero attached hydrogens (tertiary/aromatic N) is 5. The number of benzene rings is 1. The average molecular weight is 639 g/mol. The van der Waals surface area contributed by atoms with E-state index in [1.807, 2.05) is 0 Å². The molecule has 4 heterocycles. The highest BCUT2D eigenvalue weighted by atomic mass is 32.2. The Kier molecular flexibility index (Phi) is 8.35. The van der Waals surface area contributed by atoms with Crippen LogP contribution in [0.2, 0.25) is 0 Å². The Hall–Kier alpha value is -4.30. The maximum Gasteiger partial charge on any atom is 0.318 e. The molecule has 14 heteroatoms. The number of allylic oxidation sites excluding steroid dienone is 1. The largest absolute Gasteiger partial charge is 0.458 e. The molecular weight excluding hydrogens is 606 g/mol. The van der Waals surface area contributed by atoms with E-state index in [4.69, 9.17) is 14.7 Å². The fourth-order valence-corrected chi connectivity index (χ4v) is 7.54. The quantitative estimate of drug-likeness (QED) is 0.280. The summed E-state index contributed by atoms with van der Waals surface area (Å²) in [6.45, 7) is 2.11. The number of aromatic nitrogens is 2. The Bertz CT molecular complexity index is 1760. The second kappa shape index (κ2) is 12.2. The number of piperidine rings is 1. The second-order valence-electron chi connectivity index (χ2n) is 11.5. The first-order valence-corrected chi connectivity index (χ1v) is 16.0. The van der Waals surface area contributed by atoms with Gasteiger partial charge in [-0.2, -0.15) is 4.31 Å². The van der Waals surface area contributed by atoms with Crippen LogP contribution >= 0.6 is 0 Å². The summed E-state index contributed by atoms with van der Waals surface area (Å²) in [6, 6.07) is 10.3. The average Bonchev–Trinajstić information content (AvgIpc) is 3.67. The number of fused-ring (bicyclic) bond motifs is 1. The molecule has 0 spiro atoms. The fourth-order valence-electron chi connectivity index (χ4n) is 6.10. The molecule has 45 heavy (non-hydrogen) atoms. The zero-order valence-corrected chi connectivity index (χ0v) is 25.3. The van der Waals surface area contributed by atoms with Gasteiger partial charge in [0, 0.05) is 49.7 Å². The number of nitrogens with one attached hydrogen (secondary N) is 1. The lowest BCUT2D eigenvalue weighted by Crippen LogP contribution is -2.54. The van der Waals surface area contributed by atoms with Crippen molar-refractivity contribution in [2.45, 2.75) is 43.9 Å². The van der Waals surface area contributed by atoms with Gasteiger partial charge < -0.3 is 19.6 Å². The minimum Gasteiger partial charge on any atom is -0.458 e. The van der Waals surface area contributed by atoms with Gasteiger partial charge in [-0.3, -0.25) is 9.79 Å². The number of aryl methyl sites for hydroxylation is 1. The Labute approximate surface area is 259 Å². The van der Waals surface area contributed by atoms with Gasteiger partial charge in [-0.25, -0.2) is 22.2 Å². The van der Waals surface area contributed by atoms with Crippen LogP contribution in [0.4, 0.5) is 20.3 Å². The topological polar surface area (TPSA) is 142 Å². The van der Waals surface area contributed by atoms with Gasteiger partial charge in [0.15, 0.2) is 0 Å². The first-order valence-electron chi connectivity index (χ1n) is 14.6. The first-order chi connectivity index (χ1) is 21.6. The van der Waals surface area contributed by atoms with Crippen LogP contribution in [0, 0.1) is 29.5 Å². The van der Waals surface area contributed by atoms with Gasteiger partial charge in [0.25, 0.3) is 0 Å². The predicted octanol–water partition coefficient (Wildman–Crippen LogP) is 4.56. The molecule has 2 saturated heterocycles. The number of hydrogen-bond acceptors (Lipinski definition) is 10. The number of aliphatic imine (C=N–C) groups is 1. The summed E-state index contributed by atoms with van der Waals surface area (Å²) in [5, 5.41) is 12.1. The van der Waals surface area contributed by atoms with Crippen molar-refractivity contribution in [2.24, 2.45) is 16.3 Å². The Morgan fingerprint density at radius 1 is 1.24 bits per heavy atom. The molecule has 0 bridgehead atoms. The monoisotopic (exact) mass is 638 g/mol. The summed E-state index contributed by atoms with van der Waals surface area (Å²) in [4.78, 5) is 24.6. The minimum absolute atomic E-state index is 0.0433. The molecule has 1 N–H and O–H groups in total. The highest BCUT2D eigenvalue weighted by molar-refractivity contribution is 7.89. The summed E-state index contributed by atoms with van der Waals surface area (Å²) in [7, 11) is -4.10. The van der Waals surface area contributed by atoms with E-state index in [2.05, 4.69) is 15.1 Å². The second-order valence-corrected chi connectivity index (χ2v) is 13.5. The van der Waals surface area contributed by atoms with Crippen molar-refractivity contribution in [2.75, 3.05) is 31.1 Å². The molecule has 3 aromatic rings. The van der Waals surface area contributed by atoms with Gasteiger partial charge in [0.05, 0.1) is 12.2 Å². The number of alkyl halides is 1. The van der Waals surface area contributed by atoms with E-state index in [0.29, 0.717) is 47.2 Å². The number of carbonyl (C=O) groups excluding carboxylic acids is 1. The first kappa shape index (κ1) is 30.7. The third kappa shape index (κ3) is 6.16. The van der Waals surface area contributed by atoms with Gasteiger partial charge in [-0.05, 0) is 74.2 Å². The van der Waals surface area contributed by atoms with E-state index < -0.39 is 39.3 Å². The number of halogens is 2. The van der Waals surface area contributed by atoms with E-state index in [1.165, 1.54) is 47.0 Å². The molecule has 6 rings (SSSR count). The van der Waals surface area contributed by atoms with Crippen LogP contribution in [0.3, 0.4) is 0 Å². The van der Waals surface area contributed by atoms with Crippen molar-refractivity contribution >= 4 is 39.4 Å². The van der Waals surface area contributed by atoms with Crippen LogP contribution < -0.4 is 4.90 Å². The van der Waals surface area contributed by atoms with E-state index in [0.717, 1.165) is 0 Å². The number of pyridine rings is 1. The summed E-state index contributed by atoms with van der Waals surface area (Å²) < 4.78 is 67.0. The van der Waals surface area contributed by atoms with Crippen LogP contribution in [0.15, 0.2) is 74.7 Å². The normalized spacial score (nSPS) is 24.7. The van der Waals surface area contributed by atoms with Crippen LogP contribution in [0.1, 0.15) is 30.7 Å². The molecule has 2 aliphatic heterocycles. The Balaban J connectivity index is 1.32. The van der Waals surface area contributed by atoms with Crippen molar-refractivity contribution in [3.63, 3.8) is 0 Å². The van der Waals surface area contributed by atoms with E-state index >= 15 is 0 Å². The molecule has 3 aliphatic rings. The molecule has 0 amide bonds. The molecule has 0 radical (unpaired) electrons. The summed E-state index contributed by atoms with van der Waals surface area (Å²) in [6.07, 6.45) is 3.86. The molecule has 1 unspecified atom stereocenters. The number of ether oxygens (including phenoxy) is 1. The molecular formula is C31H32F2N6O5S. The van der Waals surface area contributed by atoms with Gasteiger partial charge in [-0.1, -0.05) is 5.16 Å². The van der Waals surface area contributed by atoms with Crippen LogP contribution in [0.5, 0.6) is 0 Å². The highest BCUT2D eigenvalue weighted by Gasteiger charge is 2.53. The Morgan fingerprint density at radius 3 is 2.69 bits per heavy atom. The molecule has 11 nitrogen and oxygen atoms in total. The molecule has 2 fully saturated rings. The fraction of sp³-hybridized carbons (Fsp3) is 0.387. The number of hydrogen-bond donors (Lipinski definition) is 1. The molecule has 1 aliphatic carbocycles. The van der Waals surface area contributed by atoms with Crippen molar-refractivity contribution in [1.29, 1.82) is 5.41 Å². The van der Waals surface area contributed by atoms with E-state index in [1.54, 1.807) is 30.0 Å². The van der Waals surface area contributed by atoms with Crippen LogP contribution in [0.25, 0.3) is 0 Å². The van der Waals surface area contributed by atoms with Gasteiger partial charge in [0.1, 0.15) is 46.2 Å². The number of rotatable bonds is 8. The zero-order chi connectivity index (χ0) is 31.8. The van der Waals surface area contributed by atoms with Gasteiger partial charge >= 0.3 is 5.97 Å². The van der Waals surface area contributed by atoms with Crippen molar-refractivity contribution in [1.82, 2.24) is 14.4 Å². The highest BCUT2D eigenvalue weighted by Crippen LogP contribution is 2.47. The molecule has 2 aromatic heterocycles. The number of esters is 1. The minimum atomic E-state index is -4.10. The van der Waals surface area contributed by atoms with Crippen molar-refractivity contribution < 1.29 is 31.3 Å². The molecule has 3 atom stereocenters. The standard InChI is InChI=1S/C31H32F2N6O5S/c1-20-12-26(37-44-20)18-43-30(40)31-14-21(15-34)28(36-25-4-2-23(32)3-5-25)13-22(31)8-11-39(19-31)45(41,42)27-6-7-29(35-16-27)38-10-9-24(33)17-38/h2-7,12-13,15-16,21,24,34H,8-11,14,17-19H2,1H3/t21?,24-,31+/m1/s1. The Morgan fingerprint density at radius 2 is 2.04 bits per heavy atom. The smallest absolute Gasteiger partial charge is 0.318 e. The zero-order valence-electron chi connectivity index (χ0n) is 24.5. The summed E-state index contributed by atoms with van der Waals surface area (Å²) in [5.74, 6) is -0.659. The SMILES string of the molecule is Cc1cc(COC(=O)[C@]23CC(C=N)C(=Nc4ccc(F)cc4)C=C2CCN(S(=O)(=O)c2ccc(N4CC[C@@H](F)C4)nc2)C3)no1. The van der Waals surface area contributed by atoms with E-state index in [9.17, 15) is 22.0 Å². The maximum absolute atomic E-state index is 14.0. The number of sulfonamides is 1. The third-order valence-electron chi connectivity index (χ3n) is 8.48. The van der Waals surface area contributed by atoms with Crippen LogP contribution in [-0.2, 0) is 26.2 Å². The van der Waals surface area contributed by atoms with E-state index in [-0.39, 0.29) is 44.0 Å². The van der Waals surface area contributed by atoms with Crippen LogP contribution in [-0.4, -0.2) is 73.1 Å². The lowest BCUT2D eigenvalue weighted by molar-refractivity contribution is -0.157. The molecule has 236 valence electrons. The third-order valence-corrected chi connectivity index (χ3v) is 10.3. The maximum atomic E-state index is 14.0. The number of carbonyl (C=O) groups is 1. The predicted molar refractivity (Wildman–Crippen MR) is 161 cm³/mol.